The quantitative estimate of drug-likeness (QED) is 0.114. The Hall–Kier alpha value is -4.02. The van der Waals surface area contributed by atoms with Crippen molar-refractivity contribution in [2.75, 3.05) is 20.3 Å². The molecular weight excluding hydrogens is 480 g/mol. The van der Waals surface area contributed by atoms with E-state index in [4.69, 9.17) is 9.72 Å². The number of nitrogens with zero attached hydrogens (tertiary/aromatic N) is 3. The van der Waals surface area contributed by atoms with Gasteiger partial charge in [-0.25, -0.2) is 4.98 Å². The lowest BCUT2D eigenvalue weighted by Gasteiger charge is -2.14. The number of thioether (sulfide) groups is 1. The molecule has 10 heteroatoms. The second kappa shape index (κ2) is 11.6. The van der Waals surface area contributed by atoms with Gasteiger partial charge in [-0.15, -0.1) is 0 Å². The van der Waals surface area contributed by atoms with E-state index < -0.39 is 4.92 Å². The predicted molar refractivity (Wildman–Crippen MR) is 138 cm³/mol. The number of methoxy groups -OCH3 is 1. The van der Waals surface area contributed by atoms with Gasteiger partial charge in [0.25, 0.3) is 17.2 Å². The van der Waals surface area contributed by atoms with Crippen LogP contribution in [0.3, 0.4) is 0 Å². The second-order valence-electron chi connectivity index (χ2n) is 7.97. The highest BCUT2D eigenvalue weighted by molar-refractivity contribution is 7.98. The molecule has 0 radical (unpaired) electrons. The Balaban J connectivity index is 1.71. The Kier molecular flexibility index (Phi) is 8.09. The summed E-state index contributed by atoms with van der Waals surface area (Å²) in [7, 11) is 1.55. The third-order valence-corrected chi connectivity index (χ3v) is 6.49. The Morgan fingerprint density at radius 2 is 1.86 bits per heavy atom. The highest BCUT2D eigenvalue weighted by Crippen LogP contribution is 2.25. The van der Waals surface area contributed by atoms with E-state index in [1.54, 1.807) is 42.0 Å². The molecule has 0 spiro atoms. The summed E-state index contributed by atoms with van der Waals surface area (Å²) in [5.74, 6) is 0.0982. The van der Waals surface area contributed by atoms with Gasteiger partial charge < -0.3 is 10.1 Å². The molecule has 0 bridgehead atoms. The number of aromatic nitrogens is 2. The van der Waals surface area contributed by atoms with Gasteiger partial charge in [0.05, 0.1) is 29.0 Å². The topological polar surface area (TPSA) is 116 Å². The van der Waals surface area contributed by atoms with Crippen molar-refractivity contribution in [1.29, 1.82) is 0 Å². The van der Waals surface area contributed by atoms with E-state index in [9.17, 15) is 19.7 Å². The fourth-order valence-electron chi connectivity index (χ4n) is 3.63. The lowest BCUT2D eigenvalue weighted by molar-refractivity contribution is -0.384. The SMILES string of the molecule is COCCNC(=O)c1ccc2c(=O)n(Cc3ccccc3)c(SCc3cccc([N+](=O)[O-])c3)nc2c1. The number of ether oxygens (including phenoxy) is 1. The number of nitro benzene ring substituents is 1. The summed E-state index contributed by atoms with van der Waals surface area (Å²) in [5, 5.41) is 14.8. The summed E-state index contributed by atoms with van der Waals surface area (Å²) in [6.45, 7) is 1.07. The number of fused-ring (bicyclic) bond motifs is 1. The van der Waals surface area contributed by atoms with Crippen LogP contribution in [0.4, 0.5) is 5.69 Å². The molecule has 0 saturated carbocycles. The van der Waals surface area contributed by atoms with Gasteiger partial charge in [-0.1, -0.05) is 54.2 Å². The van der Waals surface area contributed by atoms with Crippen molar-refractivity contribution in [3.63, 3.8) is 0 Å². The monoisotopic (exact) mass is 504 g/mol. The summed E-state index contributed by atoms with van der Waals surface area (Å²) in [6, 6.07) is 20.8. The Labute approximate surface area is 211 Å². The van der Waals surface area contributed by atoms with Gasteiger partial charge in [-0.05, 0) is 29.3 Å². The van der Waals surface area contributed by atoms with E-state index in [2.05, 4.69) is 5.32 Å². The molecule has 4 aromatic rings. The van der Waals surface area contributed by atoms with Crippen LogP contribution in [0.1, 0.15) is 21.5 Å². The molecule has 0 atom stereocenters. The molecule has 9 nitrogen and oxygen atoms in total. The first kappa shape index (κ1) is 25.1. The zero-order valence-electron chi connectivity index (χ0n) is 19.5. The fourth-order valence-corrected chi connectivity index (χ4v) is 4.58. The highest BCUT2D eigenvalue weighted by Gasteiger charge is 2.15. The van der Waals surface area contributed by atoms with Gasteiger partial charge in [0, 0.05) is 37.1 Å². The van der Waals surface area contributed by atoms with Gasteiger partial charge in [0.15, 0.2) is 5.16 Å². The first-order chi connectivity index (χ1) is 17.5. The van der Waals surface area contributed by atoms with Gasteiger partial charge in [0.2, 0.25) is 0 Å². The third-order valence-electron chi connectivity index (χ3n) is 5.45. The number of nitro groups is 1. The third kappa shape index (κ3) is 5.96. The van der Waals surface area contributed by atoms with Crippen LogP contribution in [0.15, 0.2) is 82.7 Å². The van der Waals surface area contributed by atoms with E-state index in [1.165, 1.54) is 23.9 Å². The minimum absolute atomic E-state index is 0.00498. The minimum atomic E-state index is -0.438. The maximum absolute atomic E-state index is 13.5. The molecule has 1 amide bonds. The van der Waals surface area contributed by atoms with Gasteiger partial charge in [-0.2, -0.15) is 0 Å². The smallest absolute Gasteiger partial charge is 0.269 e. The van der Waals surface area contributed by atoms with E-state index in [-0.39, 0.29) is 17.2 Å². The number of non-ortho nitro benzene ring substituents is 1. The maximum Gasteiger partial charge on any atom is 0.269 e. The van der Waals surface area contributed by atoms with Crippen LogP contribution >= 0.6 is 11.8 Å². The minimum Gasteiger partial charge on any atom is -0.383 e. The van der Waals surface area contributed by atoms with Gasteiger partial charge in [-0.3, -0.25) is 24.3 Å². The largest absolute Gasteiger partial charge is 0.383 e. The predicted octanol–water partition coefficient (Wildman–Crippen LogP) is 4.02. The summed E-state index contributed by atoms with van der Waals surface area (Å²) in [5.41, 5.74) is 2.25. The van der Waals surface area contributed by atoms with Crippen LogP contribution in [0.2, 0.25) is 0 Å². The number of hydrogen-bond acceptors (Lipinski definition) is 7. The first-order valence-corrected chi connectivity index (χ1v) is 12.2. The molecule has 3 aromatic carbocycles. The first-order valence-electron chi connectivity index (χ1n) is 11.2. The number of carbonyl (C=O) groups excluding carboxylic acids is 1. The number of rotatable bonds is 10. The van der Waals surface area contributed by atoms with Crippen LogP contribution in [-0.4, -0.2) is 40.6 Å². The standard InChI is InChI=1S/C26H24N4O5S/c1-35-13-12-27-24(31)20-10-11-22-23(15-20)28-26(29(25(22)32)16-18-6-3-2-4-7-18)36-17-19-8-5-9-21(14-19)30(33)34/h2-11,14-15H,12-13,16-17H2,1H3,(H,27,31). The molecule has 0 fully saturated rings. The van der Waals surface area contributed by atoms with Crippen LogP contribution in [0, 0.1) is 10.1 Å². The number of benzene rings is 3. The van der Waals surface area contributed by atoms with E-state index in [0.29, 0.717) is 47.1 Å². The van der Waals surface area contributed by atoms with E-state index in [0.717, 1.165) is 11.1 Å². The molecule has 0 aliphatic rings. The van der Waals surface area contributed by atoms with Crippen molar-refractivity contribution < 1.29 is 14.5 Å². The van der Waals surface area contributed by atoms with Crippen LogP contribution in [0.5, 0.6) is 0 Å². The molecule has 184 valence electrons. The number of hydrogen-bond donors (Lipinski definition) is 1. The van der Waals surface area contributed by atoms with Crippen molar-refractivity contribution >= 4 is 34.3 Å². The van der Waals surface area contributed by atoms with Crippen molar-refractivity contribution in [3.05, 3.63) is 110 Å². The Bertz CT molecular complexity index is 1460. The molecule has 36 heavy (non-hydrogen) atoms. The zero-order chi connectivity index (χ0) is 25.5. The number of amides is 1. The lowest BCUT2D eigenvalue weighted by Crippen LogP contribution is -2.27. The van der Waals surface area contributed by atoms with E-state index >= 15 is 0 Å². The van der Waals surface area contributed by atoms with Crippen LogP contribution < -0.4 is 10.9 Å². The molecule has 1 heterocycles. The van der Waals surface area contributed by atoms with Crippen LogP contribution in [-0.2, 0) is 17.0 Å². The molecule has 0 unspecified atom stereocenters. The molecule has 0 aliphatic carbocycles. The molecular formula is C26H24N4O5S. The van der Waals surface area contributed by atoms with Crippen LogP contribution in [0.25, 0.3) is 10.9 Å². The zero-order valence-corrected chi connectivity index (χ0v) is 20.4. The van der Waals surface area contributed by atoms with Gasteiger partial charge in [0.1, 0.15) is 0 Å². The molecule has 0 saturated heterocycles. The number of nitrogens with one attached hydrogen (secondary N) is 1. The molecule has 1 aromatic heterocycles. The molecule has 1 N–H and O–H groups in total. The highest BCUT2D eigenvalue weighted by atomic mass is 32.2. The van der Waals surface area contributed by atoms with Gasteiger partial charge >= 0.3 is 0 Å². The summed E-state index contributed by atoms with van der Waals surface area (Å²) >= 11 is 1.31. The van der Waals surface area contributed by atoms with Crippen molar-refractivity contribution in [1.82, 2.24) is 14.9 Å². The summed E-state index contributed by atoms with van der Waals surface area (Å²) in [6.07, 6.45) is 0. The summed E-state index contributed by atoms with van der Waals surface area (Å²) < 4.78 is 6.56. The van der Waals surface area contributed by atoms with E-state index in [1.807, 2.05) is 30.3 Å². The van der Waals surface area contributed by atoms with Crippen molar-refractivity contribution in [2.45, 2.75) is 17.5 Å². The maximum atomic E-state index is 13.5. The second-order valence-corrected chi connectivity index (χ2v) is 8.91. The summed E-state index contributed by atoms with van der Waals surface area (Å²) in [4.78, 5) is 41.4. The normalized spacial score (nSPS) is 10.9. The molecule has 4 rings (SSSR count). The fraction of sp³-hybridized carbons (Fsp3) is 0.192. The molecule has 0 aliphatic heterocycles. The van der Waals surface area contributed by atoms with Crippen molar-refractivity contribution in [2.24, 2.45) is 0 Å². The Morgan fingerprint density at radius 3 is 2.61 bits per heavy atom. The lowest BCUT2D eigenvalue weighted by atomic mass is 10.1. The average molecular weight is 505 g/mol. The van der Waals surface area contributed by atoms with Crippen molar-refractivity contribution in [3.8, 4) is 0 Å². The average Bonchev–Trinajstić information content (AvgIpc) is 2.90. The number of carbonyl (C=O) groups is 1. The Morgan fingerprint density at radius 1 is 1.08 bits per heavy atom.